The maximum atomic E-state index is 14.4. The number of nitrogens with two attached hydrogens (primary N) is 1. The van der Waals surface area contributed by atoms with Crippen LogP contribution in [0.4, 0.5) is 10.2 Å². The van der Waals surface area contributed by atoms with Gasteiger partial charge >= 0.3 is 0 Å². The number of fused-ring (bicyclic) bond motifs is 1. The number of anilines is 1. The van der Waals surface area contributed by atoms with Crippen LogP contribution in [0.25, 0.3) is 22.6 Å². The van der Waals surface area contributed by atoms with Crippen molar-refractivity contribution in [1.29, 1.82) is 0 Å². The third kappa shape index (κ3) is 6.94. The molecule has 37 heavy (non-hydrogen) atoms. The van der Waals surface area contributed by atoms with Crippen LogP contribution in [0.15, 0.2) is 78.3 Å². The molecule has 0 aliphatic heterocycles. The summed E-state index contributed by atoms with van der Waals surface area (Å²) in [5.74, 6) is 1.02. The van der Waals surface area contributed by atoms with E-state index in [-0.39, 0.29) is 0 Å². The Kier molecular flexibility index (Phi) is 8.21. The zero-order valence-corrected chi connectivity index (χ0v) is 22.1. The van der Waals surface area contributed by atoms with Crippen molar-refractivity contribution in [2.45, 2.75) is 65.1 Å². The molecule has 3 aromatic rings. The average molecular weight is 501 g/mol. The fourth-order valence-corrected chi connectivity index (χ4v) is 4.32. The summed E-state index contributed by atoms with van der Waals surface area (Å²) in [7, 11) is 0. The lowest BCUT2D eigenvalue weighted by molar-refractivity contribution is 0.264. The Balaban J connectivity index is 1.26. The van der Waals surface area contributed by atoms with E-state index in [4.69, 9.17) is 10.7 Å². The molecule has 2 aromatic heterocycles. The van der Waals surface area contributed by atoms with Gasteiger partial charge in [0.1, 0.15) is 11.2 Å². The molecule has 194 valence electrons. The minimum atomic E-state index is -1.31. The molecule has 1 aliphatic carbocycles. The van der Waals surface area contributed by atoms with Gasteiger partial charge in [0.15, 0.2) is 17.3 Å². The summed E-state index contributed by atoms with van der Waals surface area (Å²) < 4.78 is 16.5. The Labute approximate surface area is 218 Å². The fourth-order valence-electron chi connectivity index (χ4n) is 4.32. The number of aryl methyl sites for hydroxylation is 2. The number of rotatable bonds is 11. The third-order valence-electron chi connectivity index (χ3n) is 6.63. The number of hydrogen-bond acceptors (Lipinski definition) is 5. The van der Waals surface area contributed by atoms with Gasteiger partial charge in [-0.15, -0.1) is 0 Å². The molecular weight excluding hydrogens is 463 g/mol. The van der Waals surface area contributed by atoms with Crippen molar-refractivity contribution in [2.75, 3.05) is 12.3 Å². The number of halogens is 1. The highest BCUT2D eigenvalue weighted by Crippen LogP contribution is 2.27. The molecule has 0 unspecified atom stereocenters. The number of unbranched alkanes of at least 4 members (excludes halogenated alkanes) is 2. The van der Waals surface area contributed by atoms with Crippen molar-refractivity contribution in [3.8, 4) is 11.4 Å². The maximum Gasteiger partial charge on any atom is 0.166 e. The molecule has 0 saturated heterocycles. The third-order valence-corrected chi connectivity index (χ3v) is 6.63. The molecule has 0 radical (unpaired) electrons. The Morgan fingerprint density at radius 3 is 2.70 bits per heavy atom. The van der Waals surface area contributed by atoms with Crippen LogP contribution in [0.2, 0.25) is 0 Å². The van der Waals surface area contributed by atoms with Crippen molar-refractivity contribution in [3.05, 3.63) is 83.9 Å². The summed E-state index contributed by atoms with van der Waals surface area (Å²) >= 11 is 0. The number of benzene rings is 1. The molecule has 0 bridgehead atoms. The molecular formula is C30H37FN6. The van der Waals surface area contributed by atoms with Gasteiger partial charge < -0.3 is 15.6 Å². The van der Waals surface area contributed by atoms with Gasteiger partial charge in [-0.25, -0.2) is 19.3 Å². The summed E-state index contributed by atoms with van der Waals surface area (Å²) in [5, 5.41) is 3.40. The number of nitrogens with zero attached hydrogens (tertiary/aromatic N) is 4. The highest BCUT2D eigenvalue weighted by Gasteiger charge is 2.21. The average Bonchev–Trinajstić information content (AvgIpc) is 3.10. The lowest BCUT2D eigenvalue weighted by atomic mass is 9.95. The van der Waals surface area contributed by atoms with E-state index in [2.05, 4.69) is 33.4 Å². The topological polar surface area (TPSA) is 81.7 Å². The molecule has 0 amide bonds. The van der Waals surface area contributed by atoms with Crippen molar-refractivity contribution in [3.63, 3.8) is 0 Å². The van der Waals surface area contributed by atoms with Gasteiger partial charge in [-0.05, 0) is 57.6 Å². The Bertz CT molecular complexity index is 1340. The first kappa shape index (κ1) is 26.3. The van der Waals surface area contributed by atoms with Crippen LogP contribution in [-0.4, -0.2) is 31.7 Å². The predicted molar refractivity (Wildman–Crippen MR) is 151 cm³/mol. The molecule has 0 fully saturated rings. The van der Waals surface area contributed by atoms with Gasteiger partial charge in [0.05, 0.1) is 6.33 Å². The van der Waals surface area contributed by atoms with Crippen LogP contribution in [0.3, 0.4) is 0 Å². The number of allylic oxidation sites excluding steroid dienone is 5. The number of nitrogens with one attached hydrogen (secondary N) is 1. The Morgan fingerprint density at radius 2 is 1.95 bits per heavy atom. The standard InChI is InChI=1S/C30H37FN6/c1-21-13-15-24(16-14-21)28-35-27(32)26-29(36-28)37(20-34-26)17-9-5-6-10-22(2)33-19-23-11-7-8-12-25(18-23)30(3,4)31/h7-8,11,13-16,18,20,33H,2,5-6,9-10,12,17,19H2,1,3-4H3,(H2,32,35,36). The van der Waals surface area contributed by atoms with E-state index >= 15 is 0 Å². The monoisotopic (exact) mass is 500 g/mol. The Morgan fingerprint density at radius 1 is 1.16 bits per heavy atom. The summed E-state index contributed by atoms with van der Waals surface area (Å²) in [6, 6.07) is 8.11. The summed E-state index contributed by atoms with van der Waals surface area (Å²) in [5.41, 5.74) is 11.3. The summed E-state index contributed by atoms with van der Waals surface area (Å²) in [6.45, 7) is 10.9. The first-order valence-corrected chi connectivity index (χ1v) is 12.9. The second-order valence-electron chi connectivity index (χ2n) is 10.2. The highest BCUT2D eigenvalue weighted by atomic mass is 19.1. The van der Waals surface area contributed by atoms with Crippen LogP contribution in [0.1, 0.15) is 51.5 Å². The van der Waals surface area contributed by atoms with Gasteiger partial charge in [-0.1, -0.05) is 67.1 Å². The molecule has 1 aliphatic rings. The number of hydrogen-bond donors (Lipinski definition) is 2. The van der Waals surface area contributed by atoms with Crippen LogP contribution < -0.4 is 11.1 Å². The number of aromatic nitrogens is 4. The predicted octanol–water partition coefficient (Wildman–Crippen LogP) is 6.61. The molecule has 2 heterocycles. The van der Waals surface area contributed by atoms with Crippen molar-refractivity contribution in [1.82, 2.24) is 24.8 Å². The van der Waals surface area contributed by atoms with Crippen molar-refractivity contribution >= 4 is 17.0 Å². The van der Waals surface area contributed by atoms with E-state index in [0.717, 1.165) is 60.3 Å². The molecule has 1 aromatic carbocycles. The van der Waals surface area contributed by atoms with E-state index in [1.807, 2.05) is 48.6 Å². The smallest absolute Gasteiger partial charge is 0.166 e. The van der Waals surface area contributed by atoms with E-state index in [1.165, 1.54) is 5.56 Å². The quantitative estimate of drug-likeness (QED) is 0.290. The normalized spacial score (nSPS) is 13.8. The minimum Gasteiger partial charge on any atom is -0.385 e. The van der Waals surface area contributed by atoms with Crippen LogP contribution in [-0.2, 0) is 6.54 Å². The molecule has 7 heteroatoms. The van der Waals surface area contributed by atoms with Gasteiger partial charge in [-0.2, -0.15) is 0 Å². The second-order valence-corrected chi connectivity index (χ2v) is 10.2. The van der Waals surface area contributed by atoms with Crippen LogP contribution in [0, 0.1) is 6.92 Å². The minimum absolute atomic E-state index is 0.401. The zero-order valence-electron chi connectivity index (χ0n) is 22.1. The first-order valence-electron chi connectivity index (χ1n) is 12.9. The van der Waals surface area contributed by atoms with Crippen LogP contribution in [0.5, 0.6) is 0 Å². The first-order chi connectivity index (χ1) is 17.7. The lowest BCUT2D eigenvalue weighted by Gasteiger charge is -2.18. The van der Waals surface area contributed by atoms with Gasteiger partial charge in [0.2, 0.25) is 0 Å². The second kappa shape index (κ2) is 11.5. The van der Waals surface area contributed by atoms with E-state index in [0.29, 0.717) is 30.1 Å². The summed E-state index contributed by atoms with van der Waals surface area (Å²) in [4.78, 5) is 13.7. The van der Waals surface area contributed by atoms with Crippen LogP contribution >= 0.6 is 0 Å². The zero-order chi connectivity index (χ0) is 26.4. The van der Waals surface area contributed by atoms with Crippen molar-refractivity contribution < 1.29 is 4.39 Å². The molecule has 3 N–H and O–H groups in total. The van der Waals surface area contributed by atoms with Gasteiger partial charge in [-0.3, -0.25) is 0 Å². The van der Waals surface area contributed by atoms with E-state index < -0.39 is 5.67 Å². The number of imidazole rings is 1. The Hall–Kier alpha value is -3.74. The van der Waals surface area contributed by atoms with E-state index in [1.54, 1.807) is 20.2 Å². The maximum absolute atomic E-state index is 14.4. The molecule has 0 spiro atoms. The van der Waals surface area contributed by atoms with Crippen molar-refractivity contribution in [2.24, 2.45) is 0 Å². The lowest BCUT2D eigenvalue weighted by Crippen LogP contribution is -2.18. The molecule has 6 nitrogen and oxygen atoms in total. The van der Waals surface area contributed by atoms with Gasteiger partial charge in [0.25, 0.3) is 0 Å². The molecule has 4 rings (SSSR count). The highest BCUT2D eigenvalue weighted by molar-refractivity contribution is 5.83. The SMILES string of the molecule is C=C(CCCCCn1cnc2c(N)nc(-c3ccc(C)cc3)nc21)NCC1=CC=CCC(C(C)(C)F)=C1. The summed E-state index contributed by atoms with van der Waals surface area (Å²) in [6.07, 6.45) is 14.4. The largest absolute Gasteiger partial charge is 0.385 e. The molecule has 0 saturated carbocycles. The molecule has 0 atom stereocenters. The number of nitrogen functional groups attached to an aromatic ring is 1. The number of alkyl halides is 1. The fraction of sp³-hybridized carbons (Fsp3) is 0.367. The van der Waals surface area contributed by atoms with E-state index in [9.17, 15) is 4.39 Å². The van der Waals surface area contributed by atoms with Gasteiger partial charge in [0, 0.05) is 24.4 Å².